The maximum atomic E-state index is 12.4. The summed E-state index contributed by atoms with van der Waals surface area (Å²) < 4.78 is 16.1. The molecule has 116 valence electrons. The molecule has 6 heteroatoms. The Morgan fingerprint density at radius 3 is 2.48 bits per heavy atom. The summed E-state index contributed by atoms with van der Waals surface area (Å²) in [6.07, 6.45) is 0.0783. The van der Waals surface area contributed by atoms with E-state index in [0.29, 0.717) is 30.3 Å². The number of carbonyl (C=O) groups is 1. The second-order valence-electron chi connectivity index (χ2n) is 5.16. The van der Waals surface area contributed by atoms with E-state index in [4.69, 9.17) is 14.2 Å². The van der Waals surface area contributed by atoms with E-state index in [0.717, 1.165) is 0 Å². The lowest BCUT2D eigenvalue weighted by Gasteiger charge is -2.35. The minimum Gasteiger partial charge on any atom is -0.497 e. The molecule has 0 saturated carbocycles. The van der Waals surface area contributed by atoms with E-state index < -0.39 is 0 Å². The predicted molar refractivity (Wildman–Crippen MR) is 80.1 cm³/mol. The average Bonchev–Trinajstić information content (AvgIpc) is 2.46. The smallest absolute Gasteiger partial charge is 0.322 e. The Hall–Kier alpha value is -1.95. The monoisotopic (exact) mass is 294 g/mol. The quantitative estimate of drug-likeness (QED) is 0.929. The van der Waals surface area contributed by atoms with Gasteiger partial charge in [0.25, 0.3) is 0 Å². The third-order valence-corrected chi connectivity index (χ3v) is 3.36. The van der Waals surface area contributed by atoms with Gasteiger partial charge in [0.15, 0.2) is 0 Å². The number of amides is 2. The van der Waals surface area contributed by atoms with Gasteiger partial charge in [-0.1, -0.05) is 0 Å². The first kappa shape index (κ1) is 15.4. The molecular weight excluding hydrogens is 272 g/mol. The Kier molecular flexibility index (Phi) is 4.90. The zero-order valence-corrected chi connectivity index (χ0v) is 12.9. The zero-order valence-electron chi connectivity index (χ0n) is 12.9. The fraction of sp³-hybridized carbons (Fsp3) is 0.533. The number of urea groups is 1. The Bertz CT molecular complexity index is 496. The van der Waals surface area contributed by atoms with Gasteiger partial charge in [-0.3, -0.25) is 0 Å². The van der Waals surface area contributed by atoms with E-state index in [-0.39, 0.29) is 18.2 Å². The number of rotatable bonds is 3. The molecule has 0 radical (unpaired) electrons. The van der Waals surface area contributed by atoms with Crippen molar-refractivity contribution in [3.8, 4) is 11.5 Å². The van der Waals surface area contributed by atoms with E-state index >= 15 is 0 Å². The molecule has 0 spiro atoms. The van der Waals surface area contributed by atoms with Gasteiger partial charge in [-0.05, 0) is 26.0 Å². The molecule has 1 heterocycles. The van der Waals surface area contributed by atoms with Gasteiger partial charge in [0.1, 0.15) is 11.5 Å². The van der Waals surface area contributed by atoms with Crippen LogP contribution in [0, 0.1) is 0 Å². The van der Waals surface area contributed by atoms with Gasteiger partial charge in [0, 0.05) is 19.2 Å². The fourth-order valence-electron chi connectivity index (χ4n) is 2.44. The highest BCUT2D eigenvalue weighted by atomic mass is 16.5. The minimum atomic E-state index is -0.152. The number of nitrogens with one attached hydrogen (secondary N) is 1. The first-order chi connectivity index (χ1) is 10.0. The summed E-state index contributed by atoms with van der Waals surface area (Å²) in [7, 11) is 3.15. The van der Waals surface area contributed by atoms with Crippen molar-refractivity contribution in [2.45, 2.75) is 26.1 Å². The number of nitrogens with zero attached hydrogens (tertiary/aromatic N) is 1. The largest absolute Gasteiger partial charge is 0.497 e. The summed E-state index contributed by atoms with van der Waals surface area (Å²) in [4.78, 5) is 14.1. The van der Waals surface area contributed by atoms with E-state index in [1.54, 1.807) is 37.3 Å². The molecule has 2 amide bonds. The van der Waals surface area contributed by atoms with E-state index in [9.17, 15) is 4.79 Å². The number of ether oxygens (including phenoxy) is 3. The lowest BCUT2D eigenvalue weighted by atomic mass is 10.2. The molecule has 1 aliphatic heterocycles. The van der Waals surface area contributed by atoms with Crippen molar-refractivity contribution in [3.05, 3.63) is 18.2 Å². The van der Waals surface area contributed by atoms with Crippen LogP contribution in [0.25, 0.3) is 0 Å². The number of hydrogen-bond acceptors (Lipinski definition) is 4. The number of methoxy groups -OCH3 is 2. The van der Waals surface area contributed by atoms with Crippen LogP contribution in [0.15, 0.2) is 18.2 Å². The first-order valence-corrected chi connectivity index (χ1v) is 6.97. The van der Waals surface area contributed by atoms with Crippen molar-refractivity contribution in [3.63, 3.8) is 0 Å². The Labute approximate surface area is 125 Å². The molecule has 6 nitrogen and oxygen atoms in total. The van der Waals surface area contributed by atoms with Crippen molar-refractivity contribution >= 4 is 11.7 Å². The summed E-state index contributed by atoms with van der Waals surface area (Å²) in [5, 5.41) is 2.87. The van der Waals surface area contributed by atoms with Gasteiger partial charge in [-0.25, -0.2) is 4.79 Å². The summed E-state index contributed by atoms with van der Waals surface area (Å²) in [5.41, 5.74) is 0.620. The van der Waals surface area contributed by atoms with Crippen LogP contribution < -0.4 is 14.8 Å². The predicted octanol–water partition coefficient (Wildman–Crippen LogP) is 2.34. The van der Waals surface area contributed by atoms with Crippen LogP contribution in [0.2, 0.25) is 0 Å². The summed E-state index contributed by atoms with van der Waals surface area (Å²) >= 11 is 0. The third-order valence-electron chi connectivity index (χ3n) is 3.36. The van der Waals surface area contributed by atoms with Gasteiger partial charge < -0.3 is 24.4 Å². The maximum absolute atomic E-state index is 12.4. The van der Waals surface area contributed by atoms with Gasteiger partial charge in [-0.2, -0.15) is 0 Å². The average molecular weight is 294 g/mol. The van der Waals surface area contributed by atoms with Crippen LogP contribution in [-0.2, 0) is 4.74 Å². The molecule has 1 aromatic rings. The van der Waals surface area contributed by atoms with Crippen LogP contribution in [0.5, 0.6) is 11.5 Å². The van der Waals surface area contributed by atoms with Crippen LogP contribution in [-0.4, -0.2) is 50.4 Å². The molecule has 2 unspecified atom stereocenters. The minimum absolute atomic E-state index is 0.0391. The second-order valence-corrected chi connectivity index (χ2v) is 5.16. The molecule has 0 bridgehead atoms. The molecule has 0 aromatic heterocycles. The maximum Gasteiger partial charge on any atom is 0.322 e. The molecular formula is C15H22N2O4. The van der Waals surface area contributed by atoms with Crippen molar-refractivity contribution in [1.82, 2.24) is 4.90 Å². The number of anilines is 1. The van der Waals surface area contributed by atoms with Gasteiger partial charge in [0.2, 0.25) is 0 Å². The molecule has 1 aliphatic rings. The van der Waals surface area contributed by atoms with Crippen molar-refractivity contribution in [2.75, 3.05) is 32.6 Å². The molecule has 1 N–H and O–H groups in total. The standard InChI is InChI=1S/C15H22N2O4/c1-10-8-17(9-11(2)21-10)15(18)16-13-6-5-12(19-3)7-14(13)20-4/h5-7,10-11H,8-9H2,1-4H3,(H,16,18). The summed E-state index contributed by atoms with van der Waals surface area (Å²) in [6, 6.07) is 5.13. The van der Waals surface area contributed by atoms with Crippen LogP contribution >= 0.6 is 0 Å². The summed E-state index contributed by atoms with van der Waals surface area (Å²) in [6.45, 7) is 5.08. The Balaban J connectivity index is 2.08. The van der Waals surface area contributed by atoms with Crippen LogP contribution in [0.1, 0.15) is 13.8 Å². The lowest BCUT2D eigenvalue weighted by Crippen LogP contribution is -2.49. The van der Waals surface area contributed by atoms with Crippen molar-refractivity contribution in [2.24, 2.45) is 0 Å². The number of morpholine rings is 1. The molecule has 2 rings (SSSR count). The fourth-order valence-corrected chi connectivity index (χ4v) is 2.44. The number of benzene rings is 1. The van der Waals surface area contributed by atoms with Gasteiger partial charge in [-0.15, -0.1) is 0 Å². The van der Waals surface area contributed by atoms with Crippen molar-refractivity contribution in [1.29, 1.82) is 0 Å². The summed E-state index contributed by atoms with van der Waals surface area (Å²) in [5.74, 6) is 1.25. The first-order valence-electron chi connectivity index (χ1n) is 6.97. The Morgan fingerprint density at radius 1 is 1.24 bits per heavy atom. The SMILES string of the molecule is COc1ccc(NC(=O)N2CC(C)OC(C)C2)c(OC)c1. The molecule has 21 heavy (non-hydrogen) atoms. The number of carbonyl (C=O) groups excluding carboxylic acids is 1. The highest BCUT2D eigenvalue weighted by molar-refractivity contribution is 5.91. The zero-order chi connectivity index (χ0) is 15.4. The highest BCUT2D eigenvalue weighted by Crippen LogP contribution is 2.29. The van der Waals surface area contributed by atoms with Crippen molar-refractivity contribution < 1.29 is 19.0 Å². The molecule has 1 fully saturated rings. The second kappa shape index (κ2) is 6.67. The van der Waals surface area contributed by atoms with Crippen LogP contribution in [0.4, 0.5) is 10.5 Å². The van der Waals surface area contributed by atoms with E-state index in [1.165, 1.54) is 0 Å². The lowest BCUT2D eigenvalue weighted by molar-refractivity contribution is -0.0530. The Morgan fingerprint density at radius 2 is 1.90 bits per heavy atom. The van der Waals surface area contributed by atoms with Gasteiger partial charge >= 0.3 is 6.03 Å². The van der Waals surface area contributed by atoms with Crippen LogP contribution in [0.3, 0.4) is 0 Å². The number of hydrogen-bond donors (Lipinski definition) is 1. The van der Waals surface area contributed by atoms with E-state index in [2.05, 4.69) is 5.32 Å². The molecule has 1 aromatic carbocycles. The topological polar surface area (TPSA) is 60.0 Å². The molecule has 2 atom stereocenters. The van der Waals surface area contributed by atoms with Gasteiger partial charge in [0.05, 0.1) is 32.1 Å². The normalized spacial score (nSPS) is 21.8. The third kappa shape index (κ3) is 3.78. The van der Waals surface area contributed by atoms with E-state index in [1.807, 2.05) is 13.8 Å². The molecule has 0 aliphatic carbocycles. The highest BCUT2D eigenvalue weighted by Gasteiger charge is 2.26. The molecule has 1 saturated heterocycles.